The second-order valence-corrected chi connectivity index (χ2v) is 6.11. The molecule has 0 aliphatic carbocycles. The van der Waals surface area contributed by atoms with E-state index in [1.807, 2.05) is 38.1 Å². The van der Waals surface area contributed by atoms with Crippen molar-refractivity contribution in [1.82, 2.24) is 4.98 Å². The highest BCUT2D eigenvalue weighted by Gasteiger charge is 2.34. The van der Waals surface area contributed by atoms with Crippen LogP contribution in [0.1, 0.15) is 25.1 Å². The van der Waals surface area contributed by atoms with Crippen molar-refractivity contribution in [1.29, 1.82) is 0 Å². The predicted octanol–water partition coefficient (Wildman–Crippen LogP) is 1.99. The molecule has 2 aromatic rings. The monoisotopic (exact) mass is 273 g/mol. The first-order valence-electron chi connectivity index (χ1n) is 6.88. The minimum absolute atomic E-state index is 0.0539. The molecule has 2 heterocycles. The van der Waals surface area contributed by atoms with Crippen molar-refractivity contribution in [3.63, 3.8) is 0 Å². The van der Waals surface area contributed by atoms with Gasteiger partial charge in [0.25, 0.3) is 5.56 Å². The number of benzene rings is 1. The molecule has 0 fully saturated rings. The Kier molecular flexibility index (Phi) is 3.15. The third-order valence-corrected chi connectivity index (χ3v) is 4.22. The number of fused-ring (bicyclic) bond motifs is 3. The first-order valence-corrected chi connectivity index (χ1v) is 6.88. The van der Waals surface area contributed by atoms with Crippen LogP contribution < -0.4 is 5.56 Å². The van der Waals surface area contributed by atoms with Crippen molar-refractivity contribution in [3.05, 3.63) is 45.9 Å². The standard InChI is InChI=1S/C16H19NO3/c1-16(2,9-18)14-7-13-12(8-20-14)10-5-3-4-6-11(10)15(19)17-13/h3-6,14,18H,7-9H2,1-2H3,(H,17,19). The normalized spacial score (nSPS) is 19.1. The van der Waals surface area contributed by atoms with E-state index in [0.717, 1.165) is 16.6 Å². The molecule has 1 atom stereocenters. The number of nitrogens with one attached hydrogen (secondary N) is 1. The summed E-state index contributed by atoms with van der Waals surface area (Å²) in [6, 6.07) is 7.60. The van der Waals surface area contributed by atoms with E-state index in [-0.39, 0.29) is 23.7 Å². The van der Waals surface area contributed by atoms with Crippen LogP contribution >= 0.6 is 0 Å². The summed E-state index contributed by atoms with van der Waals surface area (Å²) < 4.78 is 5.93. The Morgan fingerprint density at radius 1 is 1.35 bits per heavy atom. The largest absolute Gasteiger partial charge is 0.396 e. The van der Waals surface area contributed by atoms with E-state index >= 15 is 0 Å². The van der Waals surface area contributed by atoms with Crippen LogP contribution in [0.5, 0.6) is 0 Å². The Hall–Kier alpha value is -1.65. The molecular weight excluding hydrogens is 254 g/mol. The Bertz CT molecular complexity index is 702. The fourth-order valence-corrected chi connectivity index (χ4v) is 2.76. The molecule has 0 saturated heterocycles. The van der Waals surface area contributed by atoms with Crippen molar-refractivity contribution in [2.24, 2.45) is 5.41 Å². The van der Waals surface area contributed by atoms with Gasteiger partial charge in [0.05, 0.1) is 19.3 Å². The second-order valence-electron chi connectivity index (χ2n) is 6.11. The van der Waals surface area contributed by atoms with Gasteiger partial charge in [0.1, 0.15) is 0 Å². The van der Waals surface area contributed by atoms with E-state index in [9.17, 15) is 9.90 Å². The number of aromatic amines is 1. The van der Waals surface area contributed by atoms with E-state index in [1.165, 1.54) is 0 Å². The Balaban J connectivity index is 2.10. The Labute approximate surface area is 117 Å². The zero-order valence-corrected chi connectivity index (χ0v) is 11.8. The molecule has 20 heavy (non-hydrogen) atoms. The van der Waals surface area contributed by atoms with Gasteiger partial charge in [-0.25, -0.2) is 0 Å². The second kappa shape index (κ2) is 4.72. The lowest BCUT2D eigenvalue weighted by atomic mass is 9.82. The maximum atomic E-state index is 12.1. The van der Waals surface area contributed by atoms with Gasteiger partial charge in [-0.05, 0) is 11.5 Å². The van der Waals surface area contributed by atoms with E-state index < -0.39 is 0 Å². The first-order chi connectivity index (χ1) is 9.53. The lowest BCUT2D eigenvalue weighted by Gasteiger charge is -2.36. The highest BCUT2D eigenvalue weighted by molar-refractivity contribution is 5.85. The predicted molar refractivity (Wildman–Crippen MR) is 77.7 cm³/mol. The third kappa shape index (κ3) is 2.05. The Morgan fingerprint density at radius 2 is 2.05 bits per heavy atom. The molecule has 1 aromatic carbocycles. The van der Waals surface area contributed by atoms with Crippen molar-refractivity contribution >= 4 is 10.8 Å². The zero-order valence-electron chi connectivity index (χ0n) is 11.8. The zero-order chi connectivity index (χ0) is 14.3. The molecule has 0 spiro atoms. The minimum atomic E-state index is -0.319. The maximum absolute atomic E-state index is 12.1. The Morgan fingerprint density at radius 3 is 2.75 bits per heavy atom. The van der Waals surface area contributed by atoms with Gasteiger partial charge in [-0.3, -0.25) is 4.79 Å². The molecule has 1 unspecified atom stereocenters. The van der Waals surface area contributed by atoms with Gasteiger partial charge < -0.3 is 14.8 Å². The van der Waals surface area contributed by atoms with Crippen molar-refractivity contribution in [3.8, 4) is 0 Å². The summed E-state index contributed by atoms with van der Waals surface area (Å²) in [6.45, 7) is 4.48. The fourth-order valence-electron chi connectivity index (χ4n) is 2.76. The quantitative estimate of drug-likeness (QED) is 0.879. The summed E-state index contributed by atoms with van der Waals surface area (Å²) in [7, 11) is 0. The van der Waals surface area contributed by atoms with Crippen LogP contribution in [0.4, 0.5) is 0 Å². The molecule has 0 bridgehead atoms. The SMILES string of the molecule is CC(C)(CO)C1Cc2[nH]c(=O)c3ccccc3c2CO1. The summed E-state index contributed by atoms with van der Waals surface area (Å²) in [5.74, 6) is 0. The average Bonchev–Trinajstić information content (AvgIpc) is 2.47. The van der Waals surface area contributed by atoms with Crippen molar-refractivity contribution in [2.75, 3.05) is 6.61 Å². The summed E-state index contributed by atoms with van der Waals surface area (Å²) in [5.41, 5.74) is 1.62. The molecule has 0 amide bonds. The summed E-state index contributed by atoms with van der Waals surface area (Å²) in [4.78, 5) is 15.1. The maximum Gasteiger partial charge on any atom is 0.256 e. The van der Waals surface area contributed by atoms with Gasteiger partial charge in [-0.15, -0.1) is 0 Å². The molecule has 0 saturated carbocycles. The van der Waals surface area contributed by atoms with Crippen LogP contribution in [0, 0.1) is 5.41 Å². The molecule has 2 N–H and O–H groups in total. The smallest absolute Gasteiger partial charge is 0.256 e. The van der Waals surface area contributed by atoms with Gasteiger partial charge >= 0.3 is 0 Å². The topological polar surface area (TPSA) is 62.3 Å². The van der Waals surface area contributed by atoms with Crippen LogP contribution in [0.2, 0.25) is 0 Å². The van der Waals surface area contributed by atoms with Gasteiger partial charge in [0, 0.05) is 28.5 Å². The number of aromatic nitrogens is 1. The molecule has 0 radical (unpaired) electrons. The average molecular weight is 273 g/mol. The summed E-state index contributed by atoms with van der Waals surface area (Å²) in [5, 5.41) is 11.1. The molecule has 1 aliphatic heterocycles. The van der Waals surface area contributed by atoms with Gasteiger partial charge in [-0.2, -0.15) is 0 Å². The van der Waals surface area contributed by atoms with Crippen LogP contribution in [-0.2, 0) is 17.8 Å². The first kappa shape index (κ1) is 13.3. The highest BCUT2D eigenvalue weighted by Crippen LogP contribution is 2.32. The third-order valence-electron chi connectivity index (χ3n) is 4.22. The molecule has 1 aromatic heterocycles. The number of aliphatic hydroxyl groups excluding tert-OH is 1. The molecule has 106 valence electrons. The molecular formula is C16H19NO3. The molecule has 4 nitrogen and oxygen atoms in total. The number of rotatable bonds is 2. The lowest BCUT2D eigenvalue weighted by Crippen LogP contribution is -2.40. The molecule has 3 rings (SSSR count). The van der Waals surface area contributed by atoms with Gasteiger partial charge in [-0.1, -0.05) is 32.0 Å². The fraction of sp³-hybridized carbons (Fsp3) is 0.438. The summed E-state index contributed by atoms with van der Waals surface area (Å²) in [6.07, 6.45) is 0.542. The number of pyridine rings is 1. The number of hydrogen-bond acceptors (Lipinski definition) is 3. The summed E-state index contributed by atoms with van der Waals surface area (Å²) >= 11 is 0. The van der Waals surface area contributed by atoms with E-state index in [2.05, 4.69) is 4.98 Å². The van der Waals surface area contributed by atoms with E-state index in [4.69, 9.17) is 4.74 Å². The van der Waals surface area contributed by atoms with Crippen LogP contribution in [0.25, 0.3) is 10.8 Å². The van der Waals surface area contributed by atoms with Crippen molar-refractivity contribution in [2.45, 2.75) is 33.0 Å². The highest BCUT2D eigenvalue weighted by atomic mass is 16.5. The molecule has 1 aliphatic rings. The van der Waals surface area contributed by atoms with Crippen LogP contribution in [-0.4, -0.2) is 22.8 Å². The van der Waals surface area contributed by atoms with Crippen LogP contribution in [0.3, 0.4) is 0 Å². The molecule has 4 heteroatoms. The number of hydrogen-bond donors (Lipinski definition) is 2. The van der Waals surface area contributed by atoms with Crippen LogP contribution in [0.15, 0.2) is 29.1 Å². The van der Waals surface area contributed by atoms with Gasteiger partial charge in [0.15, 0.2) is 0 Å². The number of aliphatic hydroxyl groups is 1. The minimum Gasteiger partial charge on any atom is -0.396 e. The van der Waals surface area contributed by atoms with E-state index in [1.54, 1.807) is 0 Å². The number of H-pyrrole nitrogens is 1. The number of ether oxygens (including phenoxy) is 1. The van der Waals surface area contributed by atoms with E-state index in [0.29, 0.717) is 18.4 Å². The lowest BCUT2D eigenvalue weighted by molar-refractivity contribution is -0.0654. The van der Waals surface area contributed by atoms with Crippen molar-refractivity contribution < 1.29 is 9.84 Å². The van der Waals surface area contributed by atoms with Gasteiger partial charge in [0.2, 0.25) is 0 Å².